The molecule has 174 valence electrons. The Kier molecular flexibility index (Phi) is 7.46. The summed E-state index contributed by atoms with van der Waals surface area (Å²) in [5.41, 5.74) is 2.74. The molecule has 0 amide bonds. The molecule has 1 fully saturated rings. The van der Waals surface area contributed by atoms with Crippen molar-refractivity contribution in [3.8, 4) is 5.75 Å². The van der Waals surface area contributed by atoms with Crippen LogP contribution in [-0.4, -0.2) is 36.1 Å². The quantitative estimate of drug-likeness (QED) is 0.415. The van der Waals surface area contributed by atoms with Gasteiger partial charge in [0.05, 0.1) is 35.2 Å². The fourth-order valence-electron chi connectivity index (χ4n) is 4.04. The number of benzene rings is 2. The molecule has 0 spiro atoms. The number of piperazine rings is 1. The Morgan fingerprint density at radius 2 is 1.79 bits per heavy atom. The van der Waals surface area contributed by atoms with Crippen molar-refractivity contribution in [2.24, 2.45) is 5.92 Å². The van der Waals surface area contributed by atoms with Gasteiger partial charge in [0.25, 0.3) is 0 Å². The van der Waals surface area contributed by atoms with E-state index < -0.39 is 0 Å². The normalized spacial score (nSPS) is 16.9. The Morgan fingerprint density at radius 1 is 1.03 bits per heavy atom. The number of halogens is 3. The molecule has 0 bridgehead atoms. The average Bonchev–Trinajstić information content (AvgIpc) is 2.80. The molecule has 0 aliphatic carbocycles. The third kappa shape index (κ3) is 6.01. The number of anilines is 1. The molecule has 3 aromatic rings. The molecule has 33 heavy (non-hydrogen) atoms. The van der Waals surface area contributed by atoms with Crippen LogP contribution in [-0.2, 0) is 6.54 Å². The summed E-state index contributed by atoms with van der Waals surface area (Å²) in [6.45, 7) is 7.67. The van der Waals surface area contributed by atoms with Gasteiger partial charge in [-0.05, 0) is 47.9 Å². The van der Waals surface area contributed by atoms with Crippen LogP contribution in [0.3, 0.4) is 0 Å². The van der Waals surface area contributed by atoms with Gasteiger partial charge in [0, 0.05) is 32.2 Å². The largest absolute Gasteiger partial charge is 0.493 e. The van der Waals surface area contributed by atoms with Crippen molar-refractivity contribution in [3.05, 3.63) is 88.7 Å². The van der Waals surface area contributed by atoms with Crippen molar-refractivity contribution in [2.45, 2.75) is 26.4 Å². The molecule has 4 rings (SSSR count). The van der Waals surface area contributed by atoms with Crippen molar-refractivity contribution in [3.63, 3.8) is 0 Å². The molecule has 0 saturated carbocycles. The van der Waals surface area contributed by atoms with Crippen LogP contribution in [0.25, 0.3) is 0 Å². The van der Waals surface area contributed by atoms with Crippen LogP contribution in [0.2, 0.25) is 5.02 Å². The van der Waals surface area contributed by atoms with Gasteiger partial charge in [0.1, 0.15) is 17.4 Å². The number of ether oxygens (including phenoxy) is 1. The third-order valence-corrected chi connectivity index (χ3v) is 6.01. The van der Waals surface area contributed by atoms with Gasteiger partial charge in [-0.3, -0.25) is 9.88 Å². The van der Waals surface area contributed by atoms with E-state index >= 15 is 0 Å². The van der Waals surface area contributed by atoms with Crippen molar-refractivity contribution in [2.75, 3.05) is 31.1 Å². The van der Waals surface area contributed by atoms with E-state index in [1.165, 1.54) is 24.4 Å². The third-order valence-electron chi connectivity index (χ3n) is 5.71. The van der Waals surface area contributed by atoms with E-state index in [-0.39, 0.29) is 17.7 Å². The fourth-order valence-corrected chi connectivity index (χ4v) is 4.32. The van der Waals surface area contributed by atoms with Gasteiger partial charge >= 0.3 is 0 Å². The number of hydrogen-bond donors (Lipinski definition) is 0. The van der Waals surface area contributed by atoms with Crippen LogP contribution in [0.5, 0.6) is 5.75 Å². The first kappa shape index (κ1) is 23.5. The van der Waals surface area contributed by atoms with E-state index in [4.69, 9.17) is 16.3 Å². The lowest BCUT2D eigenvalue weighted by Gasteiger charge is -2.43. The second kappa shape index (κ2) is 10.5. The summed E-state index contributed by atoms with van der Waals surface area (Å²) in [6.07, 6.45) is 1.24. The van der Waals surface area contributed by atoms with Crippen LogP contribution < -0.4 is 9.64 Å². The minimum Gasteiger partial charge on any atom is -0.493 e. The minimum atomic E-state index is -0.344. The molecule has 1 atom stereocenters. The zero-order valence-electron chi connectivity index (χ0n) is 18.8. The first-order valence-corrected chi connectivity index (χ1v) is 11.5. The van der Waals surface area contributed by atoms with Crippen LogP contribution in [0.1, 0.15) is 31.1 Å². The summed E-state index contributed by atoms with van der Waals surface area (Å²) >= 11 is 6.70. The molecule has 0 unspecified atom stereocenters. The first-order chi connectivity index (χ1) is 15.9. The standard InChI is InChI=1S/C26H28ClF2N3O/c1-18(2)17-33-23-9-10-25(24(27)13-23)32-12-11-31(15-22-8-7-21(29)14-30-22)16-26(32)19-3-5-20(28)6-4-19/h3-10,13-14,18,26H,11-12,15-17H2,1-2H3/t26-/m0/s1. The van der Waals surface area contributed by atoms with E-state index in [1.54, 1.807) is 6.07 Å². The van der Waals surface area contributed by atoms with E-state index in [2.05, 4.69) is 28.6 Å². The van der Waals surface area contributed by atoms with Gasteiger partial charge in [0.2, 0.25) is 0 Å². The summed E-state index contributed by atoms with van der Waals surface area (Å²) < 4.78 is 32.7. The maximum atomic E-state index is 13.6. The second-order valence-corrected chi connectivity index (χ2v) is 9.19. The van der Waals surface area contributed by atoms with E-state index in [1.807, 2.05) is 30.3 Å². The number of hydrogen-bond acceptors (Lipinski definition) is 4. The molecule has 2 heterocycles. The van der Waals surface area contributed by atoms with Crippen LogP contribution in [0, 0.1) is 17.6 Å². The second-order valence-electron chi connectivity index (χ2n) is 8.78. The maximum Gasteiger partial charge on any atom is 0.141 e. The number of aromatic nitrogens is 1. The predicted molar refractivity (Wildman–Crippen MR) is 128 cm³/mol. The highest BCUT2D eigenvalue weighted by atomic mass is 35.5. The highest BCUT2D eigenvalue weighted by Crippen LogP contribution is 2.37. The van der Waals surface area contributed by atoms with E-state index in [0.29, 0.717) is 30.6 Å². The first-order valence-electron chi connectivity index (χ1n) is 11.2. The van der Waals surface area contributed by atoms with Crippen LogP contribution in [0.15, 0.2) is 60.8 Å². The summed E-state index contributed by atoms with van der Waals surface area (Å²) in [5.74, 6) is 0.563. The molecule has 7 heteroatoms. The highest BCUT2D eigenvalue weighted by molar-refractivity contribution is 6.33. The van der Waals surface area contributed by atoms with Crippen molar-refractivity contribution in [1.29, 1.82) is 0 Å². The number of pyridine rings is 1. The lowest BCUT2D eigenvalue weighted by Crippen LogP contribution is -2.48. The number of rotatable bonds is 7. The van der Waals surface area contributed by atoms with Gasteiger partial charge < -0.3 is 9.64 Å². The molecule has 0 radical (unpaired) electrons. The fraction of sp³-hybridized carbons (Fsp3) is 0.346. The zero-order valence-corrected chi connectivity index (χ0v) is 19.6. The smallest absolute Gasteiger partial charge is 0.141 e. The van der Waals surface area contributed by atoms with Crippen molar-refractivity contribution >= 4 is 17.3 Å². The monoisotopic (exact) mass is 471 g/mol. The van der Waals surface area contributed by atoms with Crippen molar-refractivity contribution in [1.82, 2.24) is 9.88 Å². The summed E-state index contributed by atoms with van der Waals surface area (Å²) in [7, 11) is 0. The van der Waals surface area contributed by atoms with Gasteiger partial charge in [0.15, 0.2) is 0 Å². The molecule has 1 aromatic heterocycles. The summed E-state index contributed by atoms with van der Waals surface area (Å²) in [4.78, 5) is 8.73. The average molecular weight is 472 g/mol. The Balaban J connectivity index is 1.57. The Bertz CT molecular complexity index is 1060. The topological polar surface area (TPSA) is 28.6 Å². The van der Waals surface area contributed by atoms with Gasteiger partial charge in [-0.15, -0.1) is 0 Å². The summed E-state index contributed by atoms with van der Waals surface area (Å²) in [6, 6.07) is 15.5. The minimum absolute atomic E-state index is 0.0280. The zero-order chi connectivity index (χ0) is 23.4. The Labute approximate surface area is 198 Å². The molecule has 0 N–H and O–H groups in total. The number of nitrogens with zero attached hydrogens (tertiary/aromatic N) is 3. The molecular weight excluding hydrogens is 444 g/mol. The molecular formula is C26H28ClF2N3O. The summed E-state index contributed by atoms with van der Waals surface area (Å²) in [5, 5.41) is 0.622. The van der Waals surface area contributed by atoms with Gasteiger partial charge in [-0.25, -0.2) is 8.78 Å². The van der Waals surface area contributed by atoms with Gasteiger partial charge in [-0.2, -0.15) is 0 Å². The predicted octanol–water partition coefficient (Wildman–Crippen LogP) is 6.11. The van der Waals surface area contributed by atoms with Crippen LogP contribution >= 0.6 is 11.6 Å². The highest BCUT2D eigenvalue weighted by Gasteiger charge is 2.30. The van der Waals surface area contributed by atoms with E-state index in [0.717, 1.165) is 35.8 Å². The Morgan fingerprint density at radius 3 is 2.45 bits per heavy atom. The Hall–Kier alpha value is -2.70. The van der Waals surface area contributed by atoms with Gasteiger partial charge in [-0.1, -0.05) is 37.6 Å². The lowest BCUT2D eigenvalue weighted by atomic mass is 10.0. The maximum absolute atomic E-state index is 13.6. The molecule has 1 saturated heterocycles. The van der Waals surface area contributed by atoms with Crippen molar-refractivity contribution < 1.29 is 13.5 Å². The molecule has 1 aliphatic heterocycles. The molecule has 4 nitrogen and oxygen atoms in total. The SMILES string of the molecule is CC(C)COc1ccc(N2CCN(Cc3ccc(F)cn3)C[C@H]2c2ccc(F)cc2)c(Cl)c1. The molecule has 1 aliphatic rings. The van der Waals surface area contributed by atoms with Crippen LogP contribution in [0.4, 0.5) is 14.5 Å². The molecule has 2 aromatic carbocycles. The van der Waals surface area contributed by atoms with E-state index in [9.17, 15) is 8.78 Å². The lowest BCUT2D eigenvalue weighted by molar-refractivity contribution is 0.213.